The zero-order valence-corrected chi connectivity index (χ0v) is 18.4. The number of para-hydroxylation sites is 1. The molecular weight excluding hydrogens is 387 g/mol. The van der Waals surface area contributed by atoms with Gasteiger partial charge in [-0.1, -0.05) is 24.3 Å². The Hall–Kier alpha value is -2.32. The molecule has 0 aliphatic carbocycles. The molecular formula is C21H19NaO7. The number of aryl methyl sites for hydroxylation is 2. The summed E-state index contributed by atoms with van der Waals surface area (Å²) >= 11 is 0. The van der Waals surface area contributed by atoms with Crippen molar-refractivity contribution in [1.82, 2.24) is 0 Å². The van der Waals surface area contributed by atoms with Crippen LogP contribution in [0.2, 0.25) is 0 Å². The number of aliphatic hydroxyl groups is 1. The third-order valence-corrected chi connectivity index (χ3v) is 4.18. The van der Waals surface area contributed by atoms with E-state index in [9.17, 15) is 19.8 Å². The van der Waals surface area contributed by atoms with Crippen LogP contribution in [0.3, 0.4) is 0 Å². The van der Waals surface area contributed by atoms with Crippen molar-refractivity contribution in [1.29, 1.82) is 0 Å². The molecule has 146 valence electrons. The van der Waals surface area contributed by atoms with Crippen LogP contribution in [0.5, 0.6) is 11.5 Å². The van der Waals surface area contributed by atoms with Gasteiger partial charge in [-0.2, -0.15) is 0 Å². The van der Waals surface area contributed by atoms with Crippen LogP contribution >= 0.6 is 0 Å². The molecule has 0 aliphatic heterocycles. The normalized spacial score (nSPS) is 11.6. The van der Waals surface area contributed by atoms with Crippen molar-refractivity contribution in [3.8, 4) is 11.5 Å². The van der Waals surface area contributed by atoms with E-state index in [2.05, 4.69) is 0 Å². The Kier molecular flexibility index (Phi) is 7.87. The van der Waals surface area contributed by atoms with E-state index in [1.54, 1.807) is 6.07 Å². The number of rotatable bonds is 7. The summed E-state index contributed by atoms with van der Waals surface area (Å²) in [6.45, 7) is 3.73. The monoisotopic (exact) mass is 406 g/mol. The molecule has 0 bridgehead atoms. The fourth-order valence-corrected chi connectivity index (χ4v) is 2.84. The Bertz CT molecular complexity index is 1050. The Morgan fingerprint density at radius 1 is 1.10 bits per heavy atom. The van der Waals surface area contributed by atoms with E-state index in [1.165, 1.54) is 12.1 Å². The molecule has 2 aromatic carbocycles. The Labute approximate surface area is 189 Å². The van der Waals surface area contributed by atoms with Crippen molar-refractivity contribution in [2.24, 2.45) is 0 Å². The summed E-state index contributed by atoms with van der Waals surface area (Å²) in [5.41, 5.74) is 1.41. The second-order valence-corrected chi connectivity index (χ2v) is 6.39. The minimum Gasteiger partial charge on any atom is -0.542 e. The molecule has 1 aromatic heterocycles. The van der Waals surface area contributed by atoms with Crippen LogP contribution in [0.25, 0.3) is 11.0 Å². The summed E-state index contributed by atoms with van der Waals surface area (Å²) in [6, 6.07) is 11.1. The van der Waals surface area contributed by atoms with E-state index in [0.717, 1.165) is 17.2 Å². The van der Waals surface area contributed by atoms with Gasteiger partial charge in [0.15, 0.2) is 11.2 Å². The number of hydrogen-bond donors (Lipinski definition) is 1. The van der Waals surface area contributed by atoms with Crippen LogP contribution in [0.4, 0.5) is 0 Å². The average molecular weight is 406 g/mol. The Morgan fingerprint density at radius 2 is 1.72 bits per heavy atom. The molecule has 0 aliphatic rings. The zero-order valence-electron chi connectivity index (χ0n) is 16.4. The molecule has 3 aromatic rings. The van der Waals surface area contributed by atoms with Gasteiger partial charge in [-0.15, -0.1) is 0 Å². The molecule has 1 atom stereocenters. The molecule has 0 saturated heterocycles. The second-order valence-electron chi connectivity index (χ2n) is 6.39. The first-order chi connectivity index (χ1) is 13.4. The SMILES string of the molecule is Cc1cccc(C)c1OCC(O)COc1cccc2oc(C(=O)[O-])cc(=O)c12.[Na+]. The van der Waals surface area contributed by atoms with Crippen LogP contribution in [0.15, 0.2) is 51.7 Å². The summed E-state index contributed by atoms with van der Waals surface area (Å²) in [6.07, 6.45) is -0.941. The zero-order chi connectivity index (χ0) is 20.3. The van der Waals surface area contributed by atoms with Gasteiger partial charge in [0.1, 0.15) is 47.8 Å². The third-order valence-electron chi connectivity index (χ3n) is 4.18. The quantitative estimate of drug-likeness (QED) is 0.481. The number of ether oxygens (including phenoxy) is 2. The van der Waals surface area contributed by atoms with Crippen molar-refractivity contribution in [3.63, 3.8) is 0 Å². The smallest absolute Gasteiger partial charge is 0.542 e. The number of carbonyl (C=O) groups is 1. The van der Waals surface area contributed by atoms with Crippen molar-refractivity contribution in [2.45, 2.75) is 20.0 Å². The third kappa shape index (κ3) is 5.39. The average Bonchev–Trinajstić information content (AvgIpc) is 2.65. The van der Waals surface area contributed by atoms with Crippen LogP contribution in [-0.2, 0) is 0 Å². The van der Waals surface area contributed by atoms with Gasteiger partial charge in [-0.3, -0.25) is 4.79 Å². The molecule has 0 spiro atoms. The summed E-state index contributed by atoms with van der Waals surface area (Å²) in [7, 11) is 0. The second kappa shape index (κ2) is 9.93. The van der Waals surface area contributed by atoms with Crippen LogP contribution in [0, 0.1) is 13.8 Å². The van der Waals surface area contributed by atoms with E-state index in [1.807, 2.05) is 32.0 Å². The number of aliphatic hydroxyl groups excluding tert-OH is 1. The molecule has 0 fully saturated rings. The number of carbonyl (C=O) groups excluding carboxylic acids is 1. The topological polar surface area (TPSA) is 109 Å². The summed E-state index contributed by atoms with van der Waals surface area (Å²) < 4.78 is 16.4. The predicted molar refractivity (Wildman–Crippen MR) is 99.7 cm³/mol. The molecule has 1 N–H and O–H groups in total. The minimum absolute atomic E-state index is 0. The van der Waals surface area contributed by atoms with E-state index >= 15 is 0 Å². The molecule has 0 saturated carbocycles. The van der Waals surface area contributed by atoms with Crippen molar-refractivity contribution in [2.75, 3.05) is 13.2 Å². The summed E-state index contributed by atoms with van der Waals surface area (Å²) in [5.74, 6) is -1.24. The van der Waals surface area contributed by atoms with Gasteiger partial charge in [0, 0.05) is 6.07 Å². The summed E-state index contributed by atoms with van der Waals surface area (Å²) in [4.78, 5) is 23.1. The number of carboxylic acids is 1. The Morgan fingerprint density at radius 3 is 2.38 bits per heavy atom. The van der Waals surface area contributed by atoms with Gasteiger partial charge >= 0.3 is 29.6 Å². The van der Waals surface area contributed by atoms with Crippen molar-refractivity contribution >= 4 is 16.9 Å². The van der Waals surface area contributed by atoms with Crippen molar-refractivity contribution < 1.29 is 58.5 Å². The molecule has 0 amide bonds. The van der Waals surface area contributed by atoms with Gasteiger partial charge in [-0.05, 0) is 37.1 Å². The number of hydrogen-bond acceptors (Lipinski definition) is 7. The number of benzene rings is 2. The van der Waals surface area contributed by atoms with Gasteiger partial charge in [0.25, 0.3) is 0 Å². The number of aromatic carboxylic acids is 1. The fraction of sp³-hybridized carbons (Fsp3) is 0.238. The van der Waals surface area contributed by atoms with Crippen LogP contribution < -0.4 is 49.6 Å². The molecule has 7 nitrogen and oxygen atoms in total. The van der Waals surface area contributed by atoms with Gasteiger partial charge in [0.2, 0.25) is 0 Å². The Balaban J connectivity index is 0.00000300. The minimum atomic E-state index is -1.58. The van der Waals surface area contributed by atoms with Crippen LogP contribution in [0.1, 0.15) is 21.7 Å². The van der Waals surface area contributed by atoms with Crippen molar-refractivity contribution in [3.05, 3.63) is 69.6 Å². The molecule has 3 rings (SSSR count). The van der Waals surface area contributed by atoms with E-state index in [-0.39, 0.29) is 59.5 Å². The van der Waals surface area contributed by atoms with E-state index in [0.29, 0.717) is 5.75 Å². The predicted octanol–water partition coefficient (Wildman–Crippen LogP) is -1.40. The van der Waals surface area contributed by atoms with Gasteiger partial charge < -0.3 is 28.9 Å². The molecule has 8 heteroatoms. The first kappa shape index (κ1) is 23.0. The van der Waals surface area contributed by atoms with E-state index in [4.69, 9.17) is 13.9 Å². The molecule has 0 radical (unpaired) electrons. The molecule has 1 heterocycles. The van der Waals surface area contributed by atoms with Gasteiger partial charge in [0.05, 0.1) is 0 Å². The first-order valence-corrected chi connectivity index (χ1v) is 8.65. The van der Waals surface area contributed by atoms with E-state index < -0.39 is 23.3 Å². The number of carboxylic acid groups (broad SMARTS) is 1. The maximum atomic E-state index is 12.2. The standard InChI is InChI=1S/C21H20O7.Na/c1-12-5-3-6-13(2)20(12)27-11-14(22)10-26-16-7-4-8-17-19(16)15(23)9-18(28-17)21(24)25;/h3-9,14,22H,10-11H2,1-2H3,(H,24,25);/q;+1/p-1. The van der Waals surface area contributed by atoms with Gasteiger partial charge in [-0.25, -0.2) is 0 Å². The fourth-order valence-electron chi connectivity index (χ4n) is 2.84. The summed E-state index contributed by atoms with van der Waals surface area (Å²) in [5, 5.41) is 21.2. The largest absolute Gasteiger partial charge is 1.00 e. The van der Waals surface area contributed by atoms with Crippen LogP contribution in [-0.4, -0.2) is 30.4 Å². The molecule has 1 unspecified atom stereocenters. The first-order valence-electron chi connectivity index (χ1n) is 8.65. The molecule has 29 heavy (non-hydrogen) atoms. The maximum Gasteiger partial charge on any atom is 1.00 e. The maximum absolute atomic E-state index is 12.2. The number of fused-ring (bicyclic) bond motifs is 1.